The average Bonchev–Trinajstić information content (AvgIpc) is 3.23. The first-order valence-electron chi connectivity index (χ1n) is 9.25. The number of hydrogen-bond donors (Lipinski definition) is 1. The van der Waals surface area contributed by atoms with Gasteiger partial charge in [-0.2, -0.15) is 0 Å². The summed E-state index contributed by atoms with van der Waals surface area (Å²) < 4.78 is 1.89. The zero-order chi connectivity index (χ0) is 20.1. The third kappa shape index (κ3) is 4.55. The molecule has 1 aromatic heterocycles. The minimum Gasteiger partial charge on any atom is -0.325 e. The molecule has 1 N–H and O–H groups in total. The van der Waals surface area contributed by atoms with Crippen molar-refractivity contribution in [1.29, 1.82) is 0 Å². The first-order chi connectivity index (χ1) is 14.2. The van der Waals surface area contributed by atoms with Crippen molar-refractivity contribution in [2.75, 3.05) is 5.32 Å². The van der Waals surface area contributed by atoms with E-state index in [1.54, 1.807) is 6.33 Å². The molecule has 0 aliphatic heterocycles. The third-order valence-corrected chi connectivity index (χ3v) is 5.64. The Labute approximate surface area is 173 Å². The maximum Gasteiger partial charge on any atom is 0.242 e. The van der Waals surface area contributed by atoms with Crippen molar-refractivity contribution in [3.63, 3.8) is 0 Å². The van der Waals surface area contributed by atoms with Crippen LogP contribution in [0.2, 0.25) is 0 Å². The molecule has 1 amide bonds. The number of amides is 1. The van der Waals surface area contributed by atoms with E-state index in [9.17, 15) is 4.79 Å². The third-order valence-electron chi connectivity index (χ3n) is 4.43. The average molecular weight is 401 g/mol. The van der Waals surface area contributed by atoms with Crippen molar-refractivity contribution < 1.29 is 4.79 Å². The molecule has 0 spiro atoms. The van der Waals surface area contributed by atoms with E-state index < -0.39 is 5.25 Å². The second-order valence-electron chi connectivity index (χ2n) is 6.58. The molecule has 0 saturated heterocycles. The van der Waals surface area contributed by atoms with Crippen LogP contribution in [0.3, 0.4) is 0 Å². The Balaban J connectivity index is 1.63. The summed E-state index contributed by atoms with van der Waals surface area (Å²) in [5.74, 6) is -0.104. The minimum absolute atomic E-state index is 0.104. The Kier molecular flexibility index (Phi) is 5.72. The zero-order valence-electron chi connectivity index (χ0n) is 15.9. The molecule has 4 aromatic rings. The Bertz CT molecular complexity index is 1080. The monoisotopic (exact) mass is 400 g/mol. The minimum atomic E-state index is -0.468. The van der Waals surface area contributed by atoms with Gasteiger partial charge in [0.15, 0.2) is 5.16 Å². The predicted molar refractivity (Wildman–Crippen MR) is 116 cm³/mol. The van der Waals surface area contributed by atoms with Crippen LogP contribution in [0.5, 0.6) is 0 Å². The summed E-state index contributed by atoms with van der Waals surface area (Å²) in [5, 5.41) is 11.5. The van der Waals surface area contributed by atoms with Crippen molar-refractivity contribution in [3.05, 3.63) is 102 Å². The van der Waals surface area contributed by atoms with E-state index in [2.05, 4.69) is 15.5 Å². The summed E-state index contributed by atoms with van der Waals surface area (Å²) in [4.78, 5) is 13.2. The van der Waals surface area contributed by atoms with Gasteiger partial charge in [-0.25, -0.2) is 0 Å². The summed E-state index contributed by atoms with van der Waals surface area (Å²) >= 11 is 1.38. The number of carbonyl (C=O) groups is 1. The lowest BCUT2D eigenvalue weighted by molar-refractivity contribution is -0.115. The maximum atomic E-state index is 13.2. The summed E-state index contributed by atoms with van der Waals surface area (Å²) in [6.07, 6.45) is 1.66. The second kappa shape index (κ2) is 8.75. The van der Waals surface area contributed by atoms with E-state index in [4.69, 9.17) is 0 Å². The number of aryl methyl sites for hydroxylation is 1. The Hall–Kier alpha value is -3.38. The smallest absolute Gasteiger partial charge is 0.242 e. The summed E-state index contributed by atoms with van der Waals surface area (Å²) in [6.45, 7) is 2.02. The van der Waals surface area contributed by atoms with Crippen LogP contribution in [-0.2, 0) is 4.79 Å². The molecule has 0 fully saturated rings. The van der Waals surface area contributed by atoms with Gasteiger partial charge in [0.1, 0.15) is 11.6 Å². The van der Waals surface area contributed by atoms with Gasteiger partial charge in [0.05, 0.1) is 0 Å². The van der Waals surface area contributed by atoms with Gasteiger partial charge in [-0.15, -0.1) is 10.2 Å². The number of thioether (sulfide) groups is 1. The van der Waals surface area contributed by atoms with E-state index in [-0.39, 0.29) is 5.91 Å². The Morgan fingerprint density at radius 3 is 2.28 bits per heavy atom. The fraction of sp³-hybridized carbons (Fsp3) is 0.0870. The van der Waals surface area contributed by atoms with Crippen molar-refractivity contribution in [3.8, 4) is 5.69 Å². The van der Waals surface area contributed by atoms with Crippen LogP contribution in [0, 0.1) is 6.92 Å². The molecule has 0 unspecified atom stereocenters. The van der Waals surface area contributed by atoms with E-state index in [0.717, 1.165) is 22.5 Å². The molecule has 144 valence electrons. The van der Waals surface area contributed by atoms with E-state index >= 15 is 0 Å². The maximum absolute atomic E-state index is 13.2. The lowest BCUT2D eigenvalue weighted by atomic mass is 10.1. The summed E-state index contributed by atoms with van der Waals surface area (Å²) in [5.41, 5.74) is 3.77. The number of benzene rings is 3. The highest BCUT2D eigenvalue weighted by Gasteiger charge is 2.25. The van der Waals surface area contributed by atoms with Crippen LogP contribution >= 0.6 is 11.8 Å². The molecule has 29 heavy (non-hydrogen) atoms. The topological polar surface area (TPSA) is 59.8 Å². The highest BCUT2D eigenvalue weighted by molar-refractivity contribution is 8.00. The Morgan fingerprint density at radius 1 is 0.931 bits per heavy atom. The zero-order valence-corrected chi connectivity index (χ0v) is 16.7. The quantitative estimate of drug-likeness (QED) is 0.460. The number of nitrogens with zero attached hydrogens (tertiary/aromatic N) is 3. The van der Waals surface area contributed by atoms with Gasteiger partial charge in [0.25, 0.3) is 0 Å². The summed E-state index contributed by atoms with van der Waals surface area (Å²) in [6, 6.07) is 27.3. The second-order valence-corrected chi connectivity index (χ2v) is 7.66. The van der Waals surface area contributed by atoms with E-state index in [1.165, 1.54) is 11.8 Å². The highest BCUT2D eigenvalue weighted by Crippen LogP contribution is 2.36. The number of nitrogens with one attached hydrogen (secondary N) is 1. The van der Waals surface area contributed by atoms with E-state index in [0.29, 0.717) is 5.16 Å². The van der Waals surface area contributed by atoms with Gasteiger partial charge in [0.2, 0.25) is 5.91 Å². The van der Waals surface area contributed by atoms with Gasteiger partial charge in [-0.05, 0) is 36.8 Å². The first-order valence-corrected chi connectivity index (χ1v) is 10.1. The number of para-hydroxylation sites is 1. The molecule has 6 heteroatoms. The number of hydrogen-bond acceptors (Lipinski definition) is 4. The molecule has 0 aliphatic carbocycles. The van der Waals surface area contributed by atoms with Gasteiger partial charge in [0, 0.05) is 11.4 Å². The van der Waals surface area contributed by atoms with Gasteiger partial charge >= 0.3 is 0 Å². The highest BCUT2D eigenvalue weighted by atomic mass is 32.2. The molecule has 1 atom stereocenters. The molecule has 5 nitrogen and oxygen atoms in total. The lowest BCUT2D eigenvalue weighted by Crippen LogP contribution is -2.19. The normalized spacial score (nSPS) is 11.8. The number of aromatic nitrogens is 3. The summed E-state index contributed by atoms with van der Waals surface area (Å²) in [7, 11) is 0. The number of anilines is 1. The fourth-order valence-electron chi connectivity index (χ4n) is 2.92. The lowest BCUT2D eigenvalue weighted by Gasteiger charge is -2.17. The molecular formula is C23H20N4OS. The van der Waals surface area contributed by atoms with Crippen molar-refractivity contribution in [2.45, 2.75) is 17.3 Å². The standard InChI is InChI=1S/C23H20N4OS/c1-17-12-14-19(15-13-17)25-22(28)21(18-8-4-2-5-9-18)29-23-26-24-16-27(23)20-10-6-3-7-11-20/h2-16,21H,1H3,(H,25,28)/t21-/m1/s1. The molecule has 3 aromatic carbocycles. The Morgan fingerprint density at radius 2 is 1.59 bits per heavy atom. The molecule has 1 heterocycles. The van der Waals surface area contributed by atoms with Crippen molar-refractivity contribution >= 4 is 23.4 Å². The van der Waals surface area contributed by atoms with Gasteiger partial charge < -0.3 is 5.32 Å². The van der Waals surface area contributed by atoms with Crippen LogP contribution < -0.4 is 5.32 Å². The van der Waals surface area contributed by atoms with Crippen LogP contribution in [0.4, 0.5) is 5.69 Å². The van der Waals surface area contributed by atoms with Gasteiger partial charge in [-0.3, -0.25) is 9.36 Å². The van der Waals surface area contributed by atoms with Gasteiger partial charge in [-0.1, -0.05) is 78.0 Å². The molecule has 0 saturated carbocycles. The largest absolute Gasteiger partial charge is 0.325 e. The molecular weight excluding hydrogens is 380 g/mol. The predicted octanol–water partition coefficient (Wildman–Crippen LogP) is 5.05. The number of carbonyl (C=O) groups excluding carboxylic acids is 1. The van der Waals surface area contributed by atoms with Crippen LogP contribution in [-0.4, -0.2) is 20.7 Å². The van der Waals surface area contributed by atoms with Crippen LogP contribution in [0.25, 0.3) is 5.69 Å². The van der Waals surface area contributed by atoms with Crippen LogP contribution in [0.1, 0.15) is 16.4 Å². The fourth-order valence-corrected chi connectivity index (χ4v) is 3.95. The molecule has 0 aliphatic rings. The molecule has 4 rings (SSSR count). The molecule has 0 bridgehead atoms. The number of rotatable bonds is 6. The van der Waals surface area contributed by atoms with Crippen molar-refractivity contribution in [2.24, 2.45) is 0 Å². The van der Waals surface area contributed by atoms with Crippen molar-refractivity contribution in [1.82, 2.24) is 14.8 Å². The molecule has 0 radical (unpaired) electrons. The first kappa shape index (κ1) is 19.0. The van der Waals surface area contributed by atoms with Crippen LogP contribution in [0.15, 0.2) is 96.4 Å². The van der Waals surface area contributed by atoms with E-state index in [1.807, 2.05) is 96.4 Å². The SMILES string of the molecule is Cc1ccc(NC(=O)[C@H](Sc2nncn2-c2ccccc2)c2ccccc2)cc1.